The first kappa shape index (κ1) is 19.0. The number of hydrogen-bond donors (Lipinski definition) is 2. The van der Waals surface area contributed by atoms with Gasteiger partial charge in [-0.1, -0.05) is 29.8 Å². The summed E-state index contributed by atoms with van der Waals surface area (Å²) >= 11 is 5.92. The Balaban J connectivity index is 1.52. The largest absolute Gasteiger partial charge is 0.493 e. The lowest BCUT2D eigenvalue weighted by molar-refractivity contribution is 0.284. The monoisotopic (exact) mass is 374 g/mol. The average Bonchev–Trinajstić information content (AvgIpc) is 2.69. The van der Waals surface area contributed by atoms with Gasteiger partial charge in [-0.25, -0.2) is 0 Å². The number of nitrogens with one attached hydrogen (secondary N) is 2. The summed E-state index contributed by atoms with van der Waals surface area (Å²) in [5.74, 6) is 2.30. The summed E-state index contributed by atoms with van der Waals surface area (Å²) in [6.07, 6.45) is 2.52. The molecule has 0 aliphatic carbocycles. The molecule has 0 saturated carbocycles. The smallest absolute Gasteiger partial charge is 0.161 e. The lowest BCUT2D eigenvalue weighted by atomic mass is 9.98. The van der Waals surface area contributed by atoms with Crippen LogP contribution in [0, 0.1) is 5.92 Å². The SMILES string of the molecule is COc1cc(CNCC2CCNCC2)ccc1OCc1ccc(Cl)cc1. The van der Waals surface area contributed by atoms with Crippen LogP contribution in [-0.2, 0) is 13.2 Å². The second-order valence-electron chi connectivity index (χ2n) is 6.72. The van der Waals surface area contributed by atoms with Gasteiger partial charge in [0.15, 0.2) is 11.5 Å². The zero-order valence-electron chi connectivity index (χ0n) is 15.3. The van der Waals surface area contributed by atoms with Gasteiger partial charge in [0.2, 0.25) is 0 Å². The van der Waals surface area contributed by atoms with E-state index in [1.165, 1.54) is 18.4 Å². The van der Waals surface area contributed by atoms with Crippen LogP contribution in [0.15, 0.2) is 42.5 Å². The second kappa shape index (κ2) is 9.81. The summed E-state index contributed by atoms with van der Waals surface area (Å²) in [6, 6.07) is 13.8. The molecular formula is C21H27ClN2O2. The number of halogens is 1. The summed E-state index contributed by atoms with van der Waals surface area (Å²) < 4.78 is 11.4. The van der Waals surface area contributed by atoms with Crippen molar-refractivity contribution in [1.82, 2.24) is 10.6 Å². The van der Waals surface area contributed by atoms with Crippen LogP contribution in [0.5, 0.6) is 11.5 Å². The maximum absolute atomic E-state index is 5.92. The number of piperidine rings is 1. The fourth-order valence-corrected chi connectivity index (χ4v) is 3.32. The maximum Gasteiger partial charge on any atom is 0.161 e. The van der Waals surface area contributed by atoms with Gasteiger partial charge in [-0.15, -0.1) is 0 Å². The number of benzene rings is 2. The van der Waals surface area contributed by atoms with E-state index < -0.39 is 0 Å². The Kier molecular flexibility index (Phi) is 7.18. The van der Waals surface area contributed by atoms with Crippen molar-refractivity contribution in [3.8, 4) is 11.5 Å². The highest BCUT2D eigenvalue weighted by Gasteiger charge is 2.12. The molecule has 1 saturated heterocycles. The molecule has 0 bridgehead atoms. The molecule has 2 aromatic rings. The van der Waals surface area contributed by atoms with E-state index in [0.29, 0.717) is 6.61 Å². The van der Waals surface area contributed by atoms with Crippen molar-refractivity contribution in [3.63, 3.8) is 0 Å². The van der Waals surface area contributed by atoms with Crippen LogP contribution in [-0.4, -0.2) is 26.7 Å². The summed E-state index contributed by atoms with van der Waals surface area (Å²) in [4.78, 5) is 0. The predicted octanol–water partition coefficient (Wildman–Crippen LogP) is 4.02. The molecule has 140 valence electrons. The van der Waals surface area contributed by atoms with E-state index >= 15 is 0 Å². The molecule has 0 aromatic heterocycles. The number of ether oxygens (including phenoxy) is 2. The molecule has 1 aliphatic heterocycles. The van der Waals surface area contributed by atoms with Gasteiger partial charge in [-0.3, -0.25) is 0 Å². The third-order valence-electron chi connectivity index (χ3n) is 4.76. The van der Waals surface area contributed by atoms with Gasteiger partial charge in [0.1, 0.15) is 6.61 Å². The zero-order chi connectivity index (χ0) is 18.2. The second-order valence-corrected chi connectivity index (χ2v) is 7.16. The van der Waals surface area contributed by atoms with Crippen LogP contribution in [0.2, 0.25) is 5.02 Å². The van der Waals surface area contributed by atoms with E-state index in [4.69, 9.17) is 21.1 Å². The molecule has 4 nitrogen and oxygen atoms in total. The fourth-order valence-electron chi connectivity index (χ4n) is 3.19. The van der Waals surface area contributed by atoms with Gasteiger partial charge >= 0.3 is 0 Å². The van der Waals surface area contributed by atoms with Crippen LogP contribution in [0.3, 0.4) is 0 Å². The van der Waals surface area contributed by atoms with E-state index in [-0.39, 0.29) is 0 Å². The molecule has 1 aliphatic rings. The third-order valence-corrected chi connectivity index (χ3v) is 5.01. The maximum atomic E-state index is 5.92. The van der Waals surface area contributed by atoms with E-state index in [1.807, 2.05) is 36.4 Å². The predicted molar refractivity (Wildman–Crippen MR) is 106 cm³/mol. The lowest BCUT2D eigenvalue weighted by Gasteiger charge is -2.23. The van der Waals surface area contributed by atoms with Crippen LogP contribution in [0.1, 0.15) is 24.0 Å². The van der Waals surface area contributed by atoms with Gasteiger partial charge in [0.25, 0.3) is 0 Å². The minimum absolute atomic E-state index is 0.487. The topological polar surface area (TPSA) is 42.5 Å². The fraction of sp³-hybridized carbons (Fsp3) is 0.429. The van der Waals surface area contributed by atoms with Crippen LogP contribution < -0.4 is 20.1 Å². The molecule has 0 atom stereocenters. The number of rotatable bonds is 8. The van der Waals surface area contributed by atoms with Gasteiger partial charge in [0, 0.05) is 11.6 Å². The molecule has 0 unspecified atom stereocenters. The Morgan fingerprint density at radius 3 is 2.50 bits per heavy atom. The van der Waals surface area contributed by atoms with E-state index in [0.717, 1.165) is 54.2 Å². The van der Waals surface area contributed by atoms with Crippen molar-refractivity contribution in [2.75, 3.05) is 26.7 Å². The molecule has 2 N–H and O–H groups in total. The van der Waals surface area contributed by atoms with Crippen LogP contribution in [0.4, 0.5) is 0 Å². The summed E-state index contributed by atoms with van der Waals surface area (Å²) in [6.45, 7) is 4.68. The zero-order valence-corrected chi connectivity index (χ0v) is 16.0. The molecule has 1 fully saturated rings. The van der Waals surface area contributed by atoms with Crippen molar-refractivity contribution in [3.05, 3.63) is 58.6 Å². The Labute approximate surface area is 160 Å². The van der Waals surface area contributed by atoms with Crippen molar-refractivity contribution < 1.29 is 9.47 Å². The molecule has 0 radical (unpaired) electrons. The Hall–Kier alpha value is -1.75. The molecule has 26 heavy (non-hydrogen) atoms. The van der Waals surface area contributed by atoms with E-state index in [2.05, 4.69) is 16.7 Å². The highest BCUT2D eigenvalue weighted by atomic mass is 35.5. The highest BCUT2D eigenvalue weighted by Crippen LogP contribution is 2.29. The van der Waals surface area contributed by atoms with Gasteiger partial charge in [0.05, 0.1) is 7.11 Å². The first-order chi connectivity index (χ1) is 12.7. The minimum atomic E-state index is 0.487. The average molecular weight is 375 g/mol. The Morgan fingerprint density at radius 1 is 1.04 bits per heavy atom. The van der Waals surface area contributed by atoms with Gasteiger partial charge in [-0.2, -0.15) is 0 Å². The standard InChI is InChI=1S/C21H27ClN2O2/c1-25-21-12-18(14-24-13-16-8-10-23-11-9-16)4-7-20(21)26-15-17-2-5-19(22)6-3-17/h2-7,12,16,23-24H,8-11,13-15H2,1H3. The van der Waals surface area contributed by atoms with Crippen molar-refractivity contribution in [1.29, 1.82) is 0 Å². The Morgan fingerprint density at radius 2 is 1.77 bits per heavy atom. The van der Waals surface area contributed by atoms with Gasteiger partial charge < -0.3 is 20.1 Å². The summed E-state index contributed by atoms with van der Waals surface area (Å²) in [5, 5.41) is 7.70. The van der Waals surface area contributed by atoms with Crippen molar-refractivity contribution in [2.45, 2.75) is 26.0 Å². The third kappa shape index (κ3) is 5.63. The van der Waals surface area contributed by atoms with Crippen molar-refractivity contribution in [2.24, 2.45) is 5.92 Å². The molecule has 5 heteroatoms. The Bertz CT molecular complexity index is 685. The van der Waals surface area contributed by atoms with Crippen LogP contribution in [0.25, 0.3) is 0 Å². The molecule has 2 aromatic carbocycles. The number of methoxy groups -OCH3 is 1. The first-order valence-electron chi connectivity index (χ1n) is 9.20. The minimum Gasteiger partial charge on any atom is -0.493 e. The molecule has 1 heterocycles. The lowest BCUT2D eigenvalue weighted by Crippen LogP contribution is -2.33. The molecular weight excluding hydrogens is 348 g/mol. The molecule has 0 spiro atoms. The van der Waals surface area contributed by atoms with E-state index in [9.17, 15) is 0 Å². The highest BCUT2D eigenvalue weighted by molar-refractivity contribution is 6.30. The van der Waals surface area contributed by atoms with Crippen LogP contribution >= 0.6 is 11.6 Å². The quantitative estimate of drug-likeness (QED) is 0.732. The molecule has 0 amide bonds. The molecule has 3 rings (SSSR count). The normalized spacial score (nSPS) is 15.0. The first-order valence-corrected chi connectivity index (χ1v) is 9.58. The number of hydrogen-bond acceptors (Lipinski definition) is 4. The van der Waals surface area contributed by atoms with E-state index in [1.54, 1.807) is 7.11 Å². The summed E-state index contributed by atoms with van der Waals surface area (Å²) in [7, 11) is 1.68. The van der Waals surface area contributed by atoms with Gasteiger partial charge in [-0.05, 0) is 73.8 Å². The summed E-state index contributed by atoms with van der Waals surface area (Å²) in [5.41, 5.74) is 2.28. The van der Waals surface area contributed by atoms with Crippen molar-refractivity contribution >= 4 is 11.6 Å².